The summed E-state index contributed by atoms with van der Waals surface area (Å²) in [4.78, 5) is 0. The summed E-state index contributed by atoms with van der Waals surface area (Å²) in [6.45, 7) is 0.889. The molecule has 3 N–H and O–H groups in total. The second-order valence-corrected chi connectivity index (χ2v) is 5.08. The molecule has 0 amide bonds. The summed E-state index contributed by atoms with van der Waals surface area (Å²) in [5.41, 5.74) is 0. The standard InChI is InChI=1S/C13H20BrNO4/c1-18-8-11(7-16)15-6-12(17)9-19-13-4-2-3-10(14)5-13/h2-5,11-12,15-17H,6-9H2,1H3. The highest BCUT2D eigenvalue weighted by atomic mass is 79.9. The molecule has 5 nitrogen and oxygen atoms in total. The van der Waals surface area contributed by atoms with Gasteiger partial charge in [-0.15, -0.1) is 0 Å². The van der Waals surface area contributed by atoms with E-state index in [2.05, 4.69) is 21.2 Å². The van der Waals surface area contributed by atoms with Gasteiger partial charge in [0.25, 0.3) is 0 Å². The molecule has 108 valence electrons. The smallest absolute Gasteiger partial charge is 0.120 e. The number of ether oxygens (including phenoxy) is 2. The Kier molecular flexibility index (Phi) is 8.00. The van der Waals surface area contributed by atoms with Crippen LogP contribution < -0.4 is 10.1 Å². The van der Waals surface area contributed by atoms with Crippen LogP contribution in [0.4, 0.5) is 0 Å². The second-order valence-electron chi connectivity index (χ2n) is 4.17. The molecule has 19 heavy (non-hydrogen) atoms. The van der Waals surface area contributed by atoms with E-state index in [-0.39, 0.29) is 19.3 Å². The quantitative estimate of drug-likeness (QED) is 0.623. The monoisotopic (exact) mass is 333 g/mol. The van der Waals surface area contributed by atoms with E-state index in [1.807, 2.05) is 24.3 Å². The number of rotatable bonds is 9. The van der Waals surface area contributed by atoms with Gasteiger partial charge in [-0.1, -0.05) is 22.0 Å². The maximum atomic E-state index is 9.77. The van der Waals surface area contributed by atoms with Gasteiger partial charge < -0.3 is 25.0 Å². The molecule has 1 rings (SSSR count). The van der Waals surface area contributed by atoms with Crippen molar-refractivity contribution in [1.29, 1.82) is 0 Å². The average Bonchev–Trinajstić information content (AvgIpc) is 2.41. The van der Waals surface area contributed by atoms with Crippen molar-refractivity contribution in [2.75, 3.05) is 33.5 Å². The molecule has 0 aliphatic rings. The van der Waals surface area contributed by atoms with E-state index < -0.39 is 6.10 Å². The molecule has 0 saturated carbocycles. The third-order valence-electron chi connectivity index (χ3n) is 2.47. The third kappa shape index (κ3) is 6.89. The van der Waals surface area contributed by atoms with Crippen molar-refractivity contribution in [3.63, 3.8) is 0 Å². The summed E-state index contributed by atoms with van der Waals surface area (Å²) in [7, 11) is 1.57. The van der Waals surface area contributed by atoms with Crippen molar-refractivity contribution in [3.05, 3.63) is 28.7 Å². The lowest BCUT2D eigenvalue weighted by molar-refractivity contribution is 0.0854. The first-order valence-electron chi connectivity index (χ1n) is 6.05. The number of benzene rings is 1. The molecular formula is C13H20BrNO4. The Bertz CT molecular complexity index is 364. The summed E-state index contributed by atoms with van der Waals surface area (Å²) in [5, 5.41) is 21.8. The maximum absolute atomic E-state index is 9.77. The van der Waals surface area contributed by atoms with Crippen molar-refractivity contribution in [2.45, 2.75) is 12.1 Å². The van der Waals surface area contributed by atoms with Gasteiger partial charge in [0.05, 0.1) is 19.3 Å². The van der Waals surface area contributed by atoms with E-state index in [4.69, 9.17) is 14.6 Å². The molecule has 0 fully saturated rings. The summed E-state index contributed by atoms with van der Waals surface area (Å²) in [6, 6.07) is 7.25. The Balaban J connectivity index is 2.25. The van der Waals surface area contributed by atoms with Crippen molar-refractivity contribution in [3.8, 4) is 5.75 Å². The van der Waals surface area contributed by atoms with Crippen LogP contribution in [0.25, 0.3) is 0 Å². The SMILES string of the molecule is COCC(CO)NCC(O)COc1cccc(Br)c1. The zero-order chi connectivity index (χ0) is 14.1. The van der Waals surface area contributed by atoms with E-state index in [1.165, 1.54) is 0 Å². The van der Waals surface area contributed by atoms with Gasteiger partial charge in [0.15, 0.2) is 0 Å². The number of nitrogens with one attached hydrogen (secondary N) is 1. The Morgan fingerprint density at radius 1 is 1.37 bits per heavy atom. The molecule has 0 aliphatic carbocycles. The Hall–Kier alpha value is -0.660. The van der Waals surface area contributed by atoms with E-state index in [9.17, 15) is 5.11 Å². The zero-order valence-corrected chi connectivity index (χ0v) is 12.5. The van der Waals surface area contributed by atoms with Gasteiger partial charge in [0.2, 0.25) is 0 Å². The molecule has 0 aliphatic heterocycles. The minimum absolute atomic E-state index is 0.0347. The van der Waals surface area contributed by atoms with Crippen LogP contribution in [0.2, 0.25) is 0 Å². The fraction of sp³-hybridized carbons (Fsp3) is 0.538. The lowest BCUT2D eigenvalue weighted by Crippen LogP contribution is -2.42. The van der Waals surface area contributed by atoms with Crippen molar-refractivity contribution in [1.82, 2.24) is 5.32 Å². The summed E-state index contributed by atoms with van der Waals surface area (Å²) in [5.74, 6) is 0.698. The fourth-order valence-corrected chi connectivity index (χ4v) is 1.87. The predicted octanol–water partition coefficient (Wildman–Crippen LogP) is 0.786. The van der Waals surface area contributed by atoms with Crippen molar-refractivity contribution in [2.24, 2.45) is 0 Å². The van der Waals surface area contributed by atoms with Gasteiger partial charge in [-0.3, -0.25) is 0 Å². The highest BCUT2D eigenvalue weighted by Gasteiger charge is 2.10. The Labute approximate surface area is 121 Å². The topological polar surface area (TPSA) is 71.0 Å². The van der Waals surface area contributed by atoms with Crippen LogP contribution in [-0.4, -0.2) is 55.8 Å². The van der Waals surface area contributed by atoms with Crippen LogP contribution in [0, 0.1) is 0 Å². The molecule has 1 aromatic rings. The number of aliphatic hydroxyl groups is 2. The van der Waals surface area contributed by atoms with Crippen LogP contribution in [0.3, 0.4) is 0 Å². The van der Waals surface area contributed by atoms with Crippen LogP contribution in [0.15, 0.2) is 28.7 Å². The highest BCUT2D eigenvalue weighted by molar-refractivity contribution is 9.10. The molecule has 0 heterocycles. The minimum Gasteiger partial charge on any atom is -0.491 e. The lowest BCUT2D eigenvalue weighted by atomic mass is 10.3. The van der Waals surface area contributed by atoms with Crippen LogP contribution in [0.5, 0.6) is 5.75 Å². The predicted molar refractivity (Wildman–Crippen MR) is 76.4 cm³/mol. The van der Waals surface area contributed by atoms with Gasteiger partial charge in [0.1, 0.15) is 18.5 Å². The maximum Gasteiger partial charge on any atom is 0.120 e. The average molecular weight is 334 g/mol. The highest BCUT2D eigenvalue weighted by Crippen LogP contribution is 2.17. The van der Waals surface area contributed by atoms with Gasteiger partial charge in [-0.2, -0.15) is 0 Å². The number of hydrogen-bond donors (Lipinski definition) is 3. The fourth-order valence-electron chi connectivity index (χ4n) is 1.49. The van der Waals surface area contributed by atoms with Gasteiger partial charge in [0, 0.05) is 18.1 Å². The van der Waals surface area contributed by atoms with Crippen LogP contribution in [0.1, 0.15) is 0 Å². The molecule has 2 unspecified atom stereocenters. The number of methoxy groups -OCH3 is 1. The number of aliphatic hydroxyl groups excluding tert-OH is 2. The number of hydrogen-bond acceptors (Lipinski definition) is 5. The molecule has 0 radical (unpaired) electrons. The summed E-state index contributed by atoms with van der Waals surface area (Å²) < 4.78 is 11.3. The second kappa shape index (κ2) is 9.28. The molecule has 0 spiro atoms. The summed E-state index contributed by atoms with van der Waals surface area (Å²) in [6.07, 6.45) is -0.648. The van der Waals surface area contributed by atoms with E-state index in [1.54, 1.807) is 7.11 Å². The molecule has 0 bridgehead atoms. The first-order chi connectivity index (χ1) is 9.15. The van der Waals surface area contributed by atoms with Crippen molar-refractivity contribution >= 4 is 15.9 Å². The molecule has 0 saturated heterocycles. The molecule has 6 heteroatoms. The van der Waals surface area contributed by atoms with Gasteiger partial charge >= 0.3 is 0 Å². The van der Waals surface area contributed by atoms with Gasteiger partial charge in [-0.25, -0.2) is 0 Å². The van der Waals surface area contributed by atoms with Crippen molar-refractivity contribution < 1.29 is 19.7 Å². The molecule has 1 aromatic carbocycles. The van der Waals surface area contributed by atoms with E-state index in [0.29, 0.717) is 18.9 Å². The first kappa shape index (κ1) is 16.4. The van der Waals surface area contributed by atoms with E-state index >= 15 is 0 Å². The zero-order valence-electron chi connectivity index (χ0n) is 10.9. The molecular weight excluding hydrogens is 314 g/mol. The molecule has 0 aromatic heterocycles. The van der Waals surface area contributed by atoms with Crippen LogP contribution >= 0.6 is 15.9 Å². The summed E-state index contributed by atoms with van der Waals surface area (Å²) >= 11 is 3.35. The Morgan fingerprint density at radius 2 is 2.16 bits per heavy atom. The third-order valence-corrected chi connectivity index (χ3v) is 2.96. The van der Waals surface area contributed by atoms with E-state index in [0.717, 1.165) is 4.47 Å². The molecule has 2 atom stereocenters. The lowest BCUT2D eigenvalue weighted by Gasteiger charge is -2.18. The normalized spacial score (nSPS) is 14.1. The largest absolute Gasteiger partial charge is 0.491 e. The van der Waals surface area contributed by atoms with Gasteiger partial charge in [-0.05, 0) is 18.2 Å². The number of halogens is 1. The minimum atomic E-state index is -0.648. The first-order valence-corrected chi connectivity index (χ1v) is 6.84. The van der Waals surface area contributed by atoms with Crippen LogP contribution in [-0.2, 0) is 4.74 Å². The Morgan fingerprint density at radius 3 is 2.79 bits per heavy atom.